The summed E-state index contributed by atoms with van der Waals surface area (Å²) in [4.78, 5) is 3.03. The molecule has 0 aliphatic heterocycles. The van der Waals surface area contributed by atoms with Gasteiger partial charge in [-0.3, -0.25) is 0 Å². The van der Waals surface area contributed by atoms with Gasteiger partial charge in [0.1, 0.15) is 5.75 Å². The van der Waals surface area contributed by atoms with Gasteiger partial charge in [0.05, 0.1) is 11.4 Å². The highest BCUT2D eigenvalue weighted by Gasteiger charge is 2.01. The Hall–Kier alpha value is -1.90. The summed E-state index contributed by atoms with van der Waals surface area (Å²) in [5.41, 5.74) is 8.29. The van der Waals surface area contributed by atoms with Gasteiger partial charge in [0.25, 0.3) is 0 Å². The number of hydrogen-bond acceptors (Lipinski definition) is 2. The SMILES string of the molecule is Nc1cc[nH]c1-c1ccc(O)cc1. The molecule has 0 fully saturated rings. The van der Waals surface area contributed by atoms with E-state index in [1.165, 1.54) is 0 Å². The number of nitrogens with two attached hydrogens (primary N) is 1. The van der Waals surface area contributed by atoms with Gasteiger partial charge in [0.2, 0.25) is 0 Å². The molecule has 66 valence electrons. The number of benzene rings is 1. The molecule has 0 bridgehead atoms. The molecule has 0 saturated heterocycles. The lowest BCUT2D eigenvalue weighted by Crippen LogP contribution is -1.85. The first-order valence-corrected chi connectivity index (χ1v) is 3.99. The fraction of sp³-hybridized carbons (Fsp3) is 0. The van der Waals surface area contributed by atoms with E-state index in [-0.39, 0.29) is 5.75 Å². The van der Waals surface area contributed by atoms with Crippen LogP contribution in [0.3, 0.4) is 0 Å². The van der Waals surface area contributed by atoms with Crippen LogP contribution < -0.4 is 5.73 Å². The van der Waals surface area contributed by atoms with Gasteiger partial charge in [-0.2, -0.15) is 0 Å². The normalized spacial score (nSPS) is 10.2. The highest BCUT2D eigenvalue weighted by Crippen LogP contribution is 2.25. The van der Waals surface area contributed by atoms with Crippen LogP contribution in [0.4, 0.5) is 5.69 Å². The fourth-order valence-corrected chi connectivity index (χ4v) is 1.26. The predicted molar refractivity (Wildman–Crippen MR) is 52.3 cm³/mol. The first kappa shape index (κ1) is 7.73. The minimum atomic E-state index is 0.258. The number of phenols is 1. The maximum Gasteiger partial charge on any atom is 0.115 e. The summed E-state index contributed by atoms with van der Waals surface area (Å²) in [6, 6.07) is 8.71. The van der Waals surface area contributed by atoms with Gasteiger partial charge in [0, 0.05) is 11.8 Å². The molecule has 3 heteroatoms. The summed E-state index contributed by atoms with van der Waals surface area (Å²) in [6.45, 7) is 0. The van der Waals surface area contributed by atoms with E-state index in [1.807, 2.05) is 18.2 Å². The van der Waals surface area contributed by atoms with E-state index in [0.717, 1.165) is 11.3 Å². The molecule has 0 radical (unpaired) electrons. The zero-order chi connectivity index (χ0) is 9.26. The van der Waals surface area contributed by atoms with Gasteiger partial charge in [-0.15, -0.1) is 0 Å². The second kappa shape index (κ2) is 2.86. The topological polar surface area (TPSA) is 62.0 Å². The number of nitrogens with one attached hydrogen (secondary N) is 1. The lowest BCUT2D eigenvalue weighted by molar-refractivity contribution is 0.475. The third-order valence-electron chi connectivity index (χ3n) is 1.94. The van der Waals surface area contributed by atoms with Crippen LogP contribution in [-0.4, -0.2) is 10.1 Å². The molecule has 0 saturated carbocycles. The molecular weight excluding hydrogens is 164 g/mol. The smallest absolute Gasteiger partial charge is 0.115 e. The van der Waals surface area contributed by atoms with Gasteiger partial charge >= 0.3 is 0 Å². The van der Waals surface area contributed by atoms with Crippen molar-refractivity contribution in [3.8, 4) is 17.0 Å². The number of aromatic nitrogens is 1. The van der Waals surface area contributed by atoms with Crippen molar-refractivity contribution in [3.05, 3.63) is 36.5 Å². The van der Waals surface area contributed by atoms with Gasteiger partial charge in [0.15, 0.2) is 0 Å². The van der Waals surface area contributed by atoms with E-state index in [1.54, 1.807) is 18.3 Å². The van der Waals surface area contributed by atoms with Crippen molar-refractivity contribution in [2.45, 2.75) is 0 Å². The van der Waals surface area contributed by atoms with Crippen molar-refractivity contribution in [2.75, 3.05) is 5.73 Å². The van der Waals surface area contributed by atoms with Crippen molar-refractivity contribution in [2.24, 2.45) is 0 Å². The van der Waals surface area contributed by atoms with Gasteiger partial charge in [-0.05, 0) is 30.3 Å². The lowest BCUT2D eigenvalue weighted by Gasteiger charge is -1.99. The zero-order valence-corrected chi connectivity index (χ0v) is 6.99. The Morgan fingerprint density at radius 3 is 2.31 bits per heavy atom. The van der Waals surface area contributed by atoms with Gasteiger partial charge in [-0.25, -0.2) is 0 Å². The molecule has 2 rings (SSSR count). The quantitative estimate of drug-likeness (QED) is 0.619. The Morgan fingerprint density at radius 2 is 1.77 bits per heavy atom. The van der Waals surface area contributed by atoms with Crippen molar-refractivity contribution in [1.82, 2.24) is 4.98 Å². The summed E-state index contributed by atoms with van der Waals surface area (Å²) in [5.74, 6) is 0.258. The van der Waals surface area contributed by atoms with E-state index < -0.39 is 0 Å². The van der Waals surface area contributed by atoms with Crippen LogP contribution in [0.15, 0.2) is 36.5 Å². The predicted octanol–water partition coefficient (Wildman–Crippen LogP) is 1.97. The Balaban J connectivity index is 2.47. The largest absolute Gasteiger partial charge is 0.508 e. The minimum Gasteiger partial charge on any atom is -0.508 e. The highest BCUT2D eigenvalue weighted by molar-refractivity contribution is 5.73. The van der Waals surface area contributed by atoms with Crippen molar-refractivity contribution < 1.29 is 5.11 Å². The minimum absolute atomic E-state index is 0.258. The number of rotatable bonds is 1. The molecule has 0 spiro atoms. The Labute approximate surface area is 75.8 Å². The summed E-state index contributed by atoms with van der Waals surface area (Å²) < 4.78 is 0. The summed E-state index contributed by atoms with van der Waals surface area (Å²) in [5, 5.41) is 9.08. The van der Waals surface area contributed by atoms with E-state index >= 15 is 0 Å². The molecule has 2 aromatic rings. The average molecular weight is 174 g/mol. The summed E-state index contributed by atoms with van der Waals surface area (Å²) in [7, 11) is 0. The van der Waals surface area contributed by atoms with Crippen molar-refractivity contribution >= 4 is 5.69 Å². The molecule has 0 unspecified atom stereocenters. The molecule has 3 nitrogen and oxygen atoms in total. The Morgan fingerprint density at radius 1 is 1.08 bits per heavy atom. The van der Waals surface area contributed by atoms with Crippen LogP contribution in [-0.2, 0) is 0 Å². The molecule has 4 N–H and O–H groups in total. The number of phenolic OH excluding ortho intramolecular Hbond substituents is 1. The molecule has 0 aliphatic carbocycles. The first-order valence-electron chi connectivity index (χ1n) is 3.99. The fourth-order valence-electron chi connectivity index (χ4n) is 1.26. The van der Waals surface area contributed by atoms with Crippen molar-refractivity contribution in [1.29, 1.82) is 0 Å². The second-order valence-corrected chi connectivity index (χ2v) is 2.85. The van der Waals surface area contributed by atoms with E-state index in [9.17, 15) is 0 Å². The number of nitrogen functional groups attached to an aromatic ring is 1. The first-order chi connectivity index (χ1) is 6.27. The third kappa shape index (κ3) is 1.36. The van der Waals surface area contributed by atoms with Crippen LogP contribution in [0, 0.1) is 0 Å². The average Bonchev–Trinajstić information content (AvgIpc) is 2.53. The number of hydrogen-bond donors (Lipinski definition) is 3. The number of aromatic amines is 1. The van der Waals surface area contributed by atoms with Crippen LogP contribution in [0.25, 0.3) is 11.3 Å². The Bertz CT molecular complexity index is 403. The molecule has 13 heavy (non-hydrogen) atoms. The number of aromatic hydroxyl groups is 1. The Kier molecular flexibility index (Phi) is 1.70. The van der Waals surface area contributed by atoms with E-state index in [2.05, 4.69) is 4.98 Å². The van der Waals surface area contributed by atoms with Crippen LogP contribution in [0.2, 0.25) is 0 Å². The van der Waals surface area contributed by atoms with Crippen molar-refractivity contribution in [3.63, 3.8) is 0 Å². The third-order valence-corrected chi connectivity index (χ3v) is 1.94. The molecule has 1 heterocycles. The second-order valence-electron chi connectivity index (χ2n) is 2.85. The maximum atomic E-state index is 9.08. The zero-order valence-electron chi connectivity index (χ0n) is 6.99. The summed E-state index contributed by atoms with van der Waals surface area (Å²) >= 11 is 0. The van der Waals surface area contributed by atoms with Crippen LogP contribution in [0.5, 0.6) is 5.75 Å². The monoisotopic (exact) mass is 174 g/mol. The maximum absolute atomic E-state index is 9.08. The van der Waals surface area contributed by atoms with Gasteiger partial charge in [-0.1, -0.05) is 0 Å². The molecule has 0 atom stereocenters. The highest BCUT2D eigenvalue weighted by atomic mass is 16.3. The standard InChI is InChI=1S/C10H10N2O/c11-9-5-6-12-10(9)7-1-3-8(13)4-2-7/h1-6,12-13H,11H2. The van der Waals surface area contributed by atoms with Gasteiger partial charge < -0.3 is 15.8 Å². The molecule has 0 aliphatic rings. The summed E-state index contributed by atoms with van der Waals surface area (Å²) in [6.07, 6.45) is 1.79. The van der Waals surface area contributed by atoms with E-state index in [0.29, 0.717) is 5.69 Å². The molecular formula is C10H10N2O. The molecule has 1 aromatic carbocycles. The molecule has 0 amide bonds. The number of H-pyrrole nitrogens is 1. The number of anilines is 1. The van der Waals surface area contributed by atoms with Crippen LogP contribution in [0.1, 0.15) is 0 Å². The van der Waals surface area contributed by atoms with E-state index in [4.69, 9.17) is 10.8 Å². The van der Waals surface area contributed by atoms with Crippen LogP contribution >= 0.6 is 0 Å². The lowest BCUT2D eigenvalue weighted by atomic mass is 10.1. The molecule has 1 aromatic heterocycles.